The molecule has 0 spiro atoms. The number of nitrogens with zero attached hydrogens (tertiary/aromatic N) is 1. The molecule has 38 valence electrons. The fourth-order valence-corrected chi connectivity index (χ4v) is 0. The predicted octanol–water partition coefficient (Wildman–Crippen LogP) is 1.46. The van der Waals surface area contributed by atoms with E-state index in [1.165, 1.54) is 0 Å². The van der Waals surface area contributed by atoms with Gasteiger partial charge in [-0.3, -0.25) is 0 Å². The Labute approximate surface area is 54.8 Å². The molecule has 0 saturated heterocycles. The molecule has 0 aromatic rings. The Balaban J connectivity index is -0.0000000275. The van der Waals surface area contributed by atoms with E-state index in [-0.39, 0.29) is 21.1 Å². The summed E-state index contributed by atoms with van der Waals surface area (Å²) in [5.74, 6) is 0. The molecule has 0 aliphatic rings. The van der Waals surface area contributed by atoms with Crippen molar-refractivity contribution in [3.05, 3.63) is 12.2 Å². The molecule has 0 saturated carbocycles. The quantitative estimate of drug-likeness (QED) is 0.583. The first-order chi connectivity index (χ1) is 2.41. The second-order valence-electron chi connectivity index (χ2n) is 0.447. The molecule has 0 aromatic heterocycles. The van der Waals surface area contributed by atoms with E-state index < -0.39 is 0 Å². The van der Waals surface area contributed by atoms with Gasteiger partial charge in [0.15, 0.2) is 0 Å². The molecule has 0 atom stereocenters. The average Bonchev–Trinajstić information content (AvgIpc) is 1.46. The van der Waals surface area contributed by atoms with Crippen LogP contribution in [0.3, 0.4) is 0 Å². The first-order valence-electron chi connectivity index (χ1n) is 1.60. The Kier molecular flexibility index (Phi) is 119. The molecule has 0 N–H and O–H groups in total. The van der Waals surface area contributed by atoms with Crippen LogP contribution in [0.5, 0.6) is 0 Å². The summed E-state index contributed by atoms with van der Waals surface area (Å²) in [6.07, 6.45) is 0. The van der Waals surface area contributed by atoms with E-state index in [1.807, 2.05) is 0 Å². The van der Waals surface area contributed by atoms with Gasteiger partial charge in [-0.2, -0.15) is 21.0 Å². The molecular weight excluding hydrogens is 246 g/mol. The third-order valence-electron chi connectivity index (χ3n) is 0. The zero-order valence-electron chi connectivity index (χ0n) is 4.56. The zero-order chi connectivity index (χ0) is 4.71. The maximum absolute atomic E-state index is 3.50. The van der Waals surface area contributed by atoms with Gasteiger partial charge in [-0.1, -0.05) is 0 Å². The zero-order valence-corrected chi connectivity index (χ0v) is 7.50. The van der Waals surface area contributed by atoms with Crippen LogP contribution in [0.15, 0.2) is 0 Å². The van der Waals surface area contributed by atoms with E-state index in [1.54, 1.807) is 21.0 Å². The third kappa shape index (κ3) is 147. The van der Waals surface area contributed by atoms with Crippen LogP contribution in [0.4, 0.5) is 0 Å². The van der Waals surface area contributed by atoms with Crippen LogP contribution >= 0.6 is 0 Å². The van der Waals surface area contributed by atoms with Crippen molar-refractivity contribution in [3.63, 3.8) is 0 Å². The molecule has 0 aliphatic heterocycles. The second kappa shape index (κ2) is 44.9. The molecule has 0 unspecified atom stereocenters. The van der Waals surface area contributed by atoms with E-state index in [2.05, 4.69) is 12.2 Å². The van der Waals surface area contributed by atoms with Gasteiger partial charge in [0.2, 0.25) is 0 Å². The van der Waals surface area contributed by atoms with Gasteiger partial charge in [-0.05, 0) is 0 Å². The van der Waals surface area contributed by atoms with E-state index in [0.717, 1.165) is 0 Å². The standard InChI is InChI=1S/C2H6N.C2H5.W/c1-3-2;1-2;/h1-2H3;1H2,2H3;/q2*-1;+2. The van der Waals surface area contributed by atoms with Crippen molar-refractivity contribution in [1.29, 1.82) is 0 Å². The minimum absolute atomic E-state index is 0. The van der Waals surface area contributed by atoms with E-state index in [4.69, 9.17) is 0 Å². The summed E-state index contributed by atoms with van der Waals surface area (Å²) in [5, 5.41) is 3.50. The SMILES string of the molecule is C[N-]C.[CH2-]C.[W+2]. The fraction of sp³-hybridized carbons (Fsp3) is 0.750. The Bertz CT molecular complexity index is 7.51. The monoisotopic (exact) mass is 257 g/mol. The molecule has 1 nitrogen and oxygen atoms in total. The van der Waals surface area contributed by atoms with Crippen LogP contribution in [0.1, 0.15) is 6.92 Å². The average molecular weight is 257 g/mol. The fourth-order valence-electron chi connectivity index (χ4n) is 0. The Morgan fingerprint density at radius 2 is 1.17 bits per heavy atom. The first kappa shape index (κ1) is 15.9. The van der Waals surface area contributed by atoms with Crippen molar-refractivity contribution in [2.75, 3.05) is 14.1 Å². The normalized spacial score (nSPS) is 4.00. The summed E-state index contributed by atoms with van der Waals surface area (Å²) >= 11 is 0. The van der Waals surface area contributed by atoms with E-state index in [9.17, 15) is 0 Å². The molecule has 0 amide bonds. The second-order valence-corrected chi connectivity index (χ2v) is 0.447. The summed E-state index contributed by atoms with van der Waals surface area (Å²) in [7, 11) is 3.50. The predicted molar refractivity (Wildman–Crippen MR) is 26.2 cm³/mol. The van der Waals surface area contributed by atoms with Gasteiger partial charge in [0.1, 0.15) is 0 Å². The molecule has 0 bridgehead atoms. The van der Waals surface area contributed by atoms with Gasteiger partial charge < -0.3 is 12.2 Å². The van der Waals surface area contributed by atoms with Crippen LogP contribution in [0, 0.1) is 6.92 Å². The van der Waals surface area contributed by atoms with Crippen molar-refractivity contribution < 1.29 is 21.1 Å². The molecule has 0 fully saturated rings. The Morgan fingerprint density at radius 3 is 1.17 bits per heavy atom. The maximum atomic E-state index is 3.50. The number of hydrogen-bond donors (Lipinski definition) is 0. The van der Waals surface area contributed by atoms with Gasteiger partial charge in [0, 0.05) is 0 Å². The molecule has 0 rings (SSSR count). The molecule has 6 heavy (non-hydrogen) atoms. The Hall–Kier alpha value is 0.648. The van der Waals surface area contributed by atoms with Crippen molar-refractivity contribution in [2.24, 2.45) is 0 Å². The van der Waals surface area contributed by atoms with E-state index >= 15 is 0 Å². The Morgan fingerprint density at radius 1 is 1.17 bits per heavy atom. The van der Waals surface area contributed by atoms with Crippen molar-refractivity contribution >= 4 is 0 Å². The summed E-state index contributed by atoms with van der Waals surface area (Å²) in [6.45, 7) is 5.00. The van der Waals surface area contributed by atoms with Gasteiger partial charge in [-0.15, -0.1) is 0 Å². The summed E-state index contributed by atoms with van der Waals surface area (Å²) < 4.78 is 0. The van der Waals surface area contributed by atoms with Gasteiger partial charge in [0.25, 0.3) is 0 Å². The van der Waals surface area contributed by atoms with Gasteiger partial charge >= 0.3 is 21.1 Å². The molecule has 0 radical (unpaired) electrons. The van der Waals surface area contributed by atoms with Crippen molar-refractivity contribution in [3.8, 4) is 0 Å². The summed E-state index contributed by atoms with van der Waals surface area (Å²) in [6, 6.07) is 0. The number of rotatable bonds is 0. The van der Waals surface area contributed by atoms with Crippen molar-refractivity contribution in [1.82, 2.24) is 0 Å². The summed E-state index contributed by atoms with van der Waals surface area (Å²) in [5.41, 5.74) is 0. The van der Waals surface area contributed by atoms with Gasteiger partial charge in [0.05, 0.1) is 0 Å². The first-order valence-corrected chi connectivity index (χ1v) is 1.60. The molecule has 2 heteroatoms. The summed E-state index contributed by atoms with van der Waals surface area (Å²) in [4.78, 5) is 0. The molecule has 0 aliphatic carbocycles. The topological polar surface area (TPSA) is 14.1 Å². The van der Waals surface area contributed by atoms with Crippen LogP contribution in [-0.4, -0.2) is 14.1 Å². The van der Waals surface area contributed by atoms with Crippen LogP contribution in [0.25, 0.3) is 5.32 Å². The van der Waals surface area contributed by atoms with Crippen LogP contribution < -0.4 is 0 Å². The smallest absolute Gasteiger partial charge is 0.668 e. The number of hydrogen-bond acceptors (Lipinski definition) is 0. The van der Waals surface area contributed by atoms with E-state index in [0.29, 0.717) is 0 Å². The maximum Gasteiger partial charge on any atom is 2.00 e. The molecule has 0 aromatic carbocycles. The largest absolute Gasteiger partial charge is 2.00 e. The van der Waals surface area contributed by atoms with Crippen LogP contribution in [0.2, 0.25) is 0 Å². The van der Waals surface area contributed by atoms with Crippen LogP contribution in [-0.2, 0) is 21.1 Å². The molecular formula is C4H11NW. The molecule has 0 heterocycles. The van der Waals surface area contributed by atoms with Gasteiger partial charge in [-0.25, -0.2) is 0 Å². The minimum Gasteiger partial charge on any atom is -0.668 e. The minimum atomic E-state index is 0. The third-order valence-corrected chi connectivity index (χ3v) is 0. The van der Waals surface area contributed by atoms with Crippen molar-refractivity contribution in [2.45, 2.75) is 6.92 Å².